The molecule has 2 N–H and O–H groups in total. The number of hydrogen-bond donors (Lipinski definition) is 1. The zero-order valence-corrected chi connectivity index (χ0v) is 9.96. The quantitative estimate of drug-likeness (QED) is 0.649. The Hall–Kier alpha value is -1.11. The van der Waals surface area contributed by atoms with Crippen LogP contribution in [0, 0.1) is 0 Å². The summed E-state index contributed by atoms with van der Waals surface area (Å²) in [5.41, 5.74) is 0. The first kappa shape index (κ1) is 13.0. The number of nitrogens with two attached hydrogens (primary N) is 1. The van der Waals surface area contributed by atoms with E-state index in [4.69, 9.17) is 21.5 Å². The second-order valence-corrected chi connectivity index (χ2v) is 5.43. The van der Waals surface area contributed by atoms with Crippen molar-refractivity contribution in [3.05, 3.63) is 29.3 Å². The molecule has 1 aromatic carbocycles. The number of carbonyl (C=O) groups is 1. The maximum absolute atomic E-state index is 11.3. The number of primary sulfonamides is 1. The largest absolute Gasteiger partial charge is 0.426 e. The van der Waals surface area contributed by atoms with E-state index in [1.807, 2.05) is 0 Å². The summed E-state index contributed by atoms with van der Waals surface area (Å²) in [6.07, 6.45) is 0. The Bertz CT molecular complexity index is 483. The van der Waals surface area contributed by atoms with E-state index in [-0.39, 0.29) is 5.75 Å². The van der Waals surface area contributed by atoms with Crippen molar-refractivity contribution in [2.75, 3.05) is 0 Å². The molecule has 1 aromatic rings. The fourth-order valence-corrected chi connectivity index (χ4v) is 1.28. The average molecular weight is 264 g/mol. The predicted molar refractivity (Wildman–Crippen MR) is 59.7 cm³/mol. The Balaban J connectivity index is 2.76. The summed E-state index contributed by atoms with van der Waals surface area (Å²) in [6.45, 7) is 1.16. The lowest BCUT2D eigenvalue weighted by Gasteiger charge is -2.08. The van der Waals surface area contributed by atoms with Crippen LogP contribution in [0.15, 0.2) is 24.3 Å². The maximum atomic E-state index is 11.3. The lowest BCUT2D eigenvalue weighted by Crippen LogP contribution is -2.35. The molecule has 0 bridgehead atoms. The highest BCUT2D eigenvalue weighted by Gasteiger charge is 2.26. The highest BCUT2D eigenvalue weighted by molar-refractivity contribution is 7.90. The first-order valence-corrected chi connectivity index (χ1v) is 6.28. The Morgan fingerprint density at radius 2 is 1.88 bits per heavy atom. The van der Waals surface area contributed by atoms with Gasteiger partial charge in [0.25, 0.3) is 0 Å². The van der Waals surface area contributed by atoms with Crippen molar-refractivity contribution in [2.24, 2.45) is 5.14 Å². The number of carbonyl (C=O) groups excluding carboxylic acids is 1. The van der Waals surface area contributed by atoms with E-state index in [2.05, 4.69) is 0 Å². The number of hydrogen-bond acceptors (Lipinski definition) is 4. The molecule has 0 aliphatic carbocycles. The fourth-order valence-electron chi connectivity index (χ4n) is 0.836. The molecule has 16 heavy (non-hydrogen) atoms. The molecule has 1 rings (SSSR count). The first-order chi connectivity index (χ1) is 7.30. The predicted octanol–water partition coefficient (Wildman–Crippen LogP) is 0.922. The zero-order valence-electron chi connectivity index (χ0n) is 8.38. The number of benzene rings is 1. The third-order valence-electron chi connectivity index (χ3n) is 1.86. The van der Waals surface area contributed by atoms with E-state index in [0.717, 1.165) is 6.92 Å². The van der Waals surface area contributed by atoms with Crippen LogP contribution in [-0.2, 0) is 14.8 Å². The number of ether oxygens (including phenoxy) is 1. The van der Waals surface area contributed by atoms with Gasteiger partial charge in [-0.05, 0) is 31.2 Å². The number of esters is 1. The Labute approximate surface area is 98.2 Å². The summed E-state index contributed by atoms with van der Waals surface area (Å²) in [4.78, 5) is 11.3. The molecule has 0 aliphatic heterocycles. The number of rotatable bonds is 3. The second kappa shape index (κ2) is 4.82. The molecule has 88 valence electrons. The molecule has 0 saturated carbocycles. The summed E-state index contributed by atoms with van der Waals surface area (Å²) in [5.74, 6) is -0.713. The van der Waals surface area contributed by atoms with Crippen LogP contribution < -0.4 is 9.88 Å². The third-order valence-corrected chi connectivity index (χ3v) is 3.29. The molecule has 1 atom stereocenters. The van der Waals surface area contributed by atoms with E-state index in [1.54, 1.807) is 0 Å². The van der Waals surface area contributed by atoms with Gasteiger partial charge in [-0.25, -0.2) is 13.6 Å². The molecule has 0 aliphatic rings. The van der Waals surface area contributed by atoms with E-state index in [0.29, 0.717) is 5.02 Å². The number of halogens is 1. The Kier molecular flexibility index (Phi) is 3.90. The van der Waals surface area contributed by atoms with Crippen LogP contribution in [0.4, 0.5) is 0 Å². The van der Waals surface area contributed by atoms with E-state index < -0.39 is 21.2 Å². The summed E-state index contributed by atoms with van der Waals surface area (Å²) in [7, 11) is -3.93. The van der Waals surface area contributed by atoms with Crippen molar-refractivity contribution in [3.63, 3.8) is 0 Å². The van der Waals surface area contributed by atoms with Gasteiger partial charge in [0.2, 0.25) is 10.0 Å². The number of sulfonamides is 1. The summed E-state index contributed by atoms with van der Waals surface area (Å²) in [6, 6.07) is 5.95. The van der Waals surface area contributed by atoms with E-state index in [1.165, 1.54) is 24.3 Å². The van der Waals surface area contributed by atoms with Crippen molar-refractivity contribution in [1.82, 2.24) is 0 Å². The van der Waals surface area contributed by atoms with Crippen LogP contribution >= 0.6 is 11.6 Å². The maximum Gasteiger partial charge on any atom is 0.330 e. The minimum atomic E-state index is -3.93. The molecule has 0 spiro atoms. The molecule has 1 unspecified atom stereocenters. The molecule has 0 radical (unpaired) electrons. The van der Waals surface area contributed by atoms with E-state index in [9.17, 15) is 13.2 Å². The topological polar surface area (TPSA) is 86.5 Å². The lowest BCUT2D eigenvalue weighted by atomic mass is 10.3. The molecule has 0 heterocycles. The van der Waals surface area contributed by atoms with Gasteiger partial charge in [-0.3, -0.25) is 4.79 Å². The highest BCUT2D eigenvalue weighted by atomic mass is 35.5. The van der Waals surface area contributed by atoms with Gasteiger partial charge in [0.15, 0.2) is 5.25 Å². The molecule has 0 amide bonds. The van der Waals surface area contributed by atoms with Gasteiger partial charge in [0.05, 0.1) is 0 Å². The first-order valence-electron chi connectivity index (χ1n) is 4.29. The van der Waals surface area contributed by atoms with Gasteiger partial charge in [-0.1, -0.05) is 11.6 Å². The second-order valence-electron chi connectivity index (χ2n) is 3.11. The van der Waals surface area contributed by atoms with E-state index >= 15 is 0 Å². The third kappa shape index (κ3) is 3.48. The van der Waals surface area contributed by atoms with Gasteiger partial charge in [0, 0.05) is 5.02 Å². The minimum Gasteiger partial charge on any atom is -0.426 e. The van der Waals surface area contributed by atoms with Crippen LogP contribution in [0.25, 0.3) is 0 Å². The van der Waals surface area contributed by atoms with Crippen LogP contribution in [0.3, 0.4) is 0 Å². The standard InChI is InChI=1S/C9H10ClNO4S/c1-6(16(11,13)14)9(12)15-8-4-2-7(10)3-5-8/h2-6H,1H3,(H2,11,13,14). The van der Waals surface area contributed by atoms with Crippen molar-refractivity contribution < 1.29 is 17.9 Å². The zero-order chi connectivity index (χ0) is 12.3. The fraction of sp³-hybridized carbons (Fsp3) is 0.222. The monoisotopic (exact) mass is 263 g/mol. The molecule has 5 nitrogen and oxygen atoms in total. The minimum absolute atomic E-state index is 0.213. The van der Waals surface area contributed by atoms with Gasteiger partial charge >= 0.3 is 5.97 Å². The summed E-state index contributed by atoms with van der Waals surface area (Å²) >= 11 is 5.63. The van der Waals surface area contributed by atoms with Gasteiger partial charge in [-0.15, -0.1) is 0 Å². The molecule has 0 saturated heterocycles. The van der Waals surface area contributed by atoms with Crippen LogP contribution in [-0.4, -0.2) is 19.6 Å². The van der Waals surface area contributed by atoms with Crippen LogP contribution in [0.2, 0.25) is 5.02 Å². The van der Waals surface area contributed by atoms with Gasteiger partial charge < -0.3 is 4.74 Å². The van der Waals surface area contributed by atoms with Crippen LogP contribution in [0.5, 0.6) is 5.75 Å². The Morgan fingerprint density at radius 1 is 1.38 bits per heavy atom. The molecular weight excluding hydrogens is 254 g/mol. The highest BCUT2D eigenvalue weighted by Crippen LogP contribution is 2.16. The van der Waals surface area contributed by atoms with Gasteiger partial charge in [-0.2, -0.15) is 0 Å². The average Bonchev–Trinajstić information content (AvgIpc) is 2.19. The normalized spacial score (nSPS) is 13.2. The molecule has 0 aromatic heterocycles. The van der Waals surface area contributed by atoms with Crippen molar-refractivity contribution in [2.45, 2.75) is 12.2 Å². The summed E-state index contributed by atoms with van der Waals surface area (Å²) < 4.78 is 26.5. The molecule has 7 heteroatoms. The smallest absolute Gasteiger partial charge is 0.330 e. The van der Waals surface area contributed by atoms with Crippen molar-refractivity contribution >= 4 is 27.6 Å². The van der Waals surface area contributed by atoms with Gasteiger partial charge in [0.1, 0.15) is 5.75 Å². The lowest BCUT2D eigenvalue weighted by molar-refractivity contribution is -0.133. The van der Waals surface area contributed by atoms with Crippen molar-refractivity contribution in [1.29, 1.82) is 0 Å². The molecular formula is C9H10ClNO4S. The SMILES string of the molecule is CC(C(=O)Oc1ccc(Cl)cc1)S(N)(=O)=O. The summed E-state index contributed by atoms with van der Waals surface area (Å²) in [5, 5.41) is 3.89. The Morgan fingerprint density at radius 3 is 2.31 bits per heavy atom. The molecule has 0 fully saturated rings. The van der Waals surface area contributed by atoms with Crippen molar-refractivity contribution in [3.8, 4) is 5.75 Å². The van der Waals surface area contributed by atoms with Crippen LogP contribution in [0.1, 0.15) is 6.92 Å².